The van der Waals surface area contributed by atoms with Gasteiger partial charge in [-0.25, -0.2) is 0 Å². The van der Waals surface area contributed by atoms with E-state index in [0.717, 1.165) is 0 Å². The van der Waals surface area contributed by atoms with Crippen molar-refractivity contribution >= 4 is 0 Å². The molecule has 3 nitrogen and oxygen atoms in total. The third-order valence-corrected chi connectivity index (χ3v) is 1.45. The first-order valence-electron chi connectivity index (χ1n) is 3.86. The van der Waals surface area contributed by atoms with Crippen molar-refractivity contribution in [3.8, 4) is 0 Å². The van der Waals surface area contributed by atoms with Crippen LogP contribution in [0.4, 0.5) is 13.2 Å². The Morgan fingerprint density at radius 1 is 1.15 bits per heavy atom. The maximum atomic E-state index is 11.5. The highest BCUT2D eigenvalue weighted by molar-refractivity contribution is 4.55. The number of alkyl halides is 3. The predicted octanol–water partition coefficient (Wildman–Crippen LogP) is 0.556. The lowest BCUT2D eigenvalue weighted by Crippen LogP contribution is -2.20. The molecule has 0 radical (unpaired) electrons. The van der Waals surface area contributed by atoms with Crippen LogP contribution in [0.25, 0.3) is 0 Å². The normalized spacial score (nSPS) is 12.5. The van der Waals surface area contributed by atoms with Crippen LogP contribution in [0, 0.1) is 5.92 Å². The SMILES string of the molecule is OCC(CO)CCOCC(F)(F)F. The van der Waals surface area contributed by atoms with E-state index in [4.69, 9.17) is 10.2 Å². The summed E-state index contributed by atoms with van der Waals surface area (Å²) in [6.07, 6.45) is -4.09. The van der Waals surface area contributed by atoms with Gasteiger partial charge in [-0.1, -0.05) is 0 Å². The van der Waals surface area contributed by atoms with Gasteiger partial charge in [0.25, 0.3) is 0 Å². The van der Waals surface area contributed by atoms with E-state index in [2.05, 4.69) is 4.74 Å². The summed E-state index contributed by atoms with van der Waals surface area (Å²) in [5.74, 6) is -0.395. The molecule has 0 unspecified atom stereocenters. The molecule has 6 heteroatoms. The molecule has 0 aromatic heterocycles. The summed E-state index contributed by atoms with van der Waals surface area (Å²) in [5.41, 5.74) is 0. The highest BCUT2D eigenvalue weighted by Gasteiger charge is 2.27. The minimum absolute atomic E-state index is 0.106. The van der Waals surface area contributed by atoms with Gasteiger partial charge in [-0.3, -0.25) is 0 Å². The van der Waals surface area contributed by atoms with Crippen LogP contribution >= 0.6 is 0 Å². The Labute approximate surface area is 74.1 Å². The van der Waals surface area contributed by atoms with Crippen LogP contribution in [0.1, 0.15) is 6.42 Å². The molecule has 80 valence electrons. The molecule has 0 bridgehead atoms. The first-order valence-corrected chi connectivity index (χ1v) is 3.86. The minimum Gasteiger partial charge on any atom is -0.396 e. The van der Waals surface area contributed by atoms with E-state index in [1.165, 1.54) is 0 Å². The van der Waals surface area contributed by atoms with E-state index in [9.17, 15) is 13.2 Å². The molecular weight excluding hydrogens is 189 g/mol. The molecule has 0 saturated carbocycles. The van der Waals surface area contributed by atoms with Crippen molar-refractivity contribution < 1.29 is 28.1 Å². The van der Waals surface area contributed by atoms with Crippen molar-refractivity contribution in [1.29, 1.82) is 0 Å². The molecule has 0 aliphatic rings. The Bertz CT molecular complexity index is 123. The van der Waals surface area contributed by atoms with E-state index in [1.807, 2.05) is 0 Å². The zero-order valence-corrected chi connectivity index (χ0v) is 7.05. The van der Waals surface area contributed by atoms with Gasteiger partial charge in [0.05, 0.1) is 0 Å². The third kappa shape index (κ3) is 8.01. The standard InChI is InChI=1S/C7H13F3O3/c8-7(9,10)5-13-2-1-6(3-11)4-12/h6,11-12H,1-5H2. The largest absolute Gasteiger partial charge is 0.411 e. The molecule has 2 N–H and O–H groups in total. The zero-order valence-electron chi connectivity index (χ0n) is 7.05. The fourth-order valence-corrected chi connectivity index (χ4v) is 0.678. The number of aliphatic hydroxyl groups excluding tert-OH is 2. The minimum atomic E-state index is -4.31. The van der Waals surface area contributed by atoms with Crippen LogP contribution < -0.4 is 0 Å². The fraction of sp³-hybridized carbons (Fsp3) is 1.00. The van der Waals surface area contributed by atoms with Crippen molar-refractivity contribution in [2.45, 2.75) is 12.6 Å². The summed E-state index contributed by atoms with van der Waals surface area (Å²) in [6.45, 7) is -1.88. The predicted molar refractivity (Wildman–Crippen MR) is 39.2 cm³/mol. The number of hydrogen-bond acceptors (Lipinski definition) is 3. The van der Waals surface area contributed by atoms with Crippen LogP contribution in [0.3, 0.4) is 0 Å². The second kappa shape index (κ2) is 6.17. The van der Waals surface area contributed by atoms with Gasteiger partial charge in [-0.15, -0.1) is 0 Å². The maximum Gasteiger partial charge on any atom is 0.411 e. The molecule has 0 fully saturated rings. The van der Waals surface area contributed by atoms with E-state index in [-0.39, 0.29) is 26.2 Å². The Balaban J connectivity index is 3.34. The summed E-state index contributed by atoms with van der Waals surface area (Å²) in [7, 11) is 0. The molecule has 0 amide bonds. The van der Waals surface area contributed by atoms with E-state index in [1.54, 1.807) is 0 Å². The molecule has 0 saturated heterocycles. The highest BCUT2D eigenvalue weighted by atomic mass is 19.4. The van der Waals surface area contributed by atoms with Crippen LogP contribution in [0.2, 0.25) is 0 Å². The van der Waals surface area contributed by atoms with E-state index in [0.29, 0.717) is 0 Å². The number of hydrogen-bond donors (Lipinski definition) is 2. The molecule has 0 spiro atoms. The van der Waals surface area contributed by atoms with Gasteiger partial charge in [0, 0.05) is 25.7 Å². The number of rotatable bonds is 6. The van der Waals surface area contributed by atoms with E-state index >= 15 is 0 Å². The molecular formula is C7H13F3O3. The van der Waals surface area contributed by atoms with Gasteiger partial charge in [-0.2, -0.15) is 13.2 Å². The van der Waals surface area contributed by atoms with Crippen molar-refractivity contribution in [2.75, 3.05) is 26.4 Å². The maximum absolute atomic E-state index is 11.5. The Morgan fingerprint density at radius 3 is 2.08 bits per heavy atom. The van der Waals surface area contributed by atoms with Crippen molar-refractivity contribution in [3.63, 3.8) is 0 Å². The van der Waals surface area contributed by atoms with E-state index < -0.39 is 18.7 Å². The fourth-order valence-electron chi connectivity index (χ4n) is 0.678. The van der Waals surface area contributed by atoms with Gasteiger partial charge in [0.15, 0.2) is 0 Å². The monoisotopic (exact) mass is 202 g/mol. The smallest absolute Gasteiger partial charge is 0.396 e. The summed E-state index contributed by atoms with van der Waals surface area (Å²) < 4.78 is 38.8. The lowest BCUT2D eigenvalue weighted by molar-refractivity contribution is -0.174. The molecule has 0 aliphatic heterocycles. The topological polar surface area (TPSA) is 49.7 Å². The van der Waals surface area contributed by atoms with Crippen molar-refractivity contribution in [3.05, 3.63) is 0 Å². The summed E-state index contributed by atoms with van der Waals surface area (Å²) >= 11 is 0. The van der Waals surface area contributed by atoms with Gasteiger partial charge in [0.1, 0.15) is 6.61 Å². The van der Waals surface area contributed by atoms with Gasteiger partial charge in [0.2, 0.25) is 0 Å². The number of aliphatic hydroxyl groups is 2. The van der Waals surface area contributed by atoms with Crippen molar-refractivity contribution in [1.82, 2.24) is 0 Å². The molecule has 13 heavy (non-hydrogen) atoms. The second-order valence-corrected chi connectivity index (χ2v) is 2.69. The quantitative estimate of drug-likeness (QED) is 0.618. The van der Waals surface area contributed by atoms with Crippen LogP contribution in [0.15, 0.2) is 0 Å². The van der Waals surface area contributed by atoms with Gasteiger partial charge in [-0.05, 0) is 6.42 Å². The average Bonchev–Trinajstić information content (AvgIpc) is 2.03. The summed E-state index contributed by atoms with van der Waals surface area (Å²) in [4.78, 5) is 0. The van der Waals surface area contributed by atoms with Crippen molar-refractivity contribution in [2.24, 2.45) is 5.92 Å². The first kappa shape index (κ1) is 12.7. The number of ether oxygens (including phenoxy) is 1. The zero-order chi connectivity index (χ0) is 10.3. The third-order valence-electron chi connectivity index (χ3n) is 1.45. The molecule has 0 aromatic rings. The number of halogens is 3. The molecule has 0 aliphatic carbocycles. The van der Waals surface area contributed by atoms with Gasteiger partial charge < -0.3 is 14.9 Å². The van der Waals surface area contributed by atoms with Crippen LogP contribution in [0.5, 0.6) is 0 Å². The Hall–Kier alpha value is -0.330. The molecule has 0 aromatic carbocycles. The Kier molecular flexibility index (Phi) is 6.02. The Morgan fingerprint density at radius 2 is 1.69 bits per heavy atom. The lowest BCUT2D eigenvalue weighted by atomic mass is 10.1. The first-order chi connectivity index (χ1) is 5.99. The lowest BCUT2D eigenvalue weighted by Gasteiger charge is -2.11. The summed E-state index contributed by atoms with van der Waals surface area (Å²) in [6, 6.07) is 0. The molecule has 0 rings (SSSR count). The molecule has 0 heterocycles. The second-order valence-electron chi connectivity index (χ2n) is 2.69. The van der Waals surface area contributed by atoms with Crippen LogP contribution in [-0.4, -0.2) is 42.8 Å². The average molecular weight is 202 g/mol. The highest BCUT2D eigenvalue weighted by Crippen LogP contribution is 2.14. The van der Waals surface area contributed by atoms with Crippen LogP contribution in [-0.2, 0) is 4.74 Å². The molecule has 0 atom stereocenters. The summed E-state index contributed by atoms with van der Waals surface area (Å²) in [5, 5.41) is 17.1. The van der Waals surface area contributed by atoms with Gasteiger partial charge >= 0.3 is 6.18 Å².